The van der Waals surface area contributed by atoms with Crippen LogP contribution in [0.5, 0.6) is 0 Å². The summed E-state index contributed by atoms with van der Waals surface area (Å²) < 4.78 is 1.93. The number of rotatable bonds is 3. The van der Waals surface area contributed by atoms with Crippen LogP contribution in [0.1, 0.15) is 5.82 Å². The van der Waals surface area contributed by atoms with Gasteiger partial charge in [-0.3, -0.25) is 0 Å². The predicted octanol–water partition coefficient (Wildman–Crippen LogP) is 3.07. The number of fused-ring (bicyclic) bond motifs is 1. The molecule has 0 atom stereocenters. The Labute approximate surface area is 131 Å². The highest BCUT2D eigenvalue weighted by atomic mass is 35.5. The summed E-state index contributed by atoms with van der Waals surface area (Å²) in [4.78, 5) is 13.2. The van der Waals surface area contributed by atoms with Gasteiger partial charge in [0.1, 0.15) is 17.2 Å². The van der Waals surface area contributed by atoms with Gasteiger partial charge in [-0.25, -0.2) is 15.0 Å². The summed E-state index contributed by atoms with van der Waals surface area (Å²) in [7, 11) is 0. The molecule has 2 aromatic heterocycles. The molecule has 0 saturated carbocycles. The van der Waals surface area contributed by atoms with Crippen molar-refractivity contribution < 1.29 is 0 Å². The van der Waals surface area contributed by atoms with E-state index in [1.165, 1.54) is 0 Å². The van der Waals surface area contributed by atoms with E-state index < -0.39 is 0 Å². The highest BCUT2D eigenvalue weighted by molar-refractivity contribution is 6.34. The van der Waals surface area contributed by atoms with Crippen molar-refractivity contribution in [2.24, 2.45) is 5.73 Å². The second-order valence-corrected chi connectivity index (χ2v) is 5.35. The third kappa shape index (κ3) is 2.48. The van der Waals surface area contributed by atoms with Crippen molar-refractivity contribution in [3.63, 3.8) is 0 Å². The van der Waals surface area contributed by atoms with Gasteiger partial charge in [0, 0.05) is 18.7 Å². The van der Waals surface area contributed by atoms with Gasteiger partial charge in [-0.15, -0.1) is 0 Å². The zero-order valence-corrected chi connectivity index (χ0v) is 12.9. The summed E-state index contributed by atoms with van der Waals surface area (Å²) in [5.41, 5.74) is 7.77. The van der Waals surface area contributed by atoms with Crippen molar-refractivity contribution in [2.45, 2.75) is 13.5 Å². The number of aryl methyl sites for hydroxylation is 1. The normalized spacial score (nSPS) is 11.2. The number of benzene rings is 1. The van der Waals surface area contributed by atoms with Crippen molar-refractivity contribution in [2.75, 3.05) is 6.54 Å². The summed E-state index contributed by atoms with van der Waals surface area (Å²) in [5.74, 6) is 1.29. The number of hydrogen-bond donors (Lipinski definition) is 1. The first-order valence-corrected chi connectivity index (χ1v) is 7.22. The van der Waals surface area contributed by atoms with Crippen LogP contribution >= 0.6 is 23.2 Å². The van der Waals surface area contributed by atoms with Crippen LogP contribution in [0.3, 0.4) is 0 Å². The SMILES string of the molecule is Cc1nc(Cl)c2nc(-c3ccccc3Cl)n(CCN)c2n1. The molecule has 7 heteroatoms. The second kappa shape index (κ2) is 5.60. The number of aromatic nitrogens is 4. The molecule has 0 aliphatic heterocycles. The minimum atomic E-state index is 0.335. The maximum absolute atomic E-state index is 6.28. The van der Waals surface area contributed by atoms with Crippen LogP contribution in [-0.2, 0) is 6.54 Å². The Kier molecular flexibility index (Phi) is 3.80. The van der Waals surface area contributed by atoms with E-state index in [4.69, 9.17) is 28.9 Å². The summed E-state index contributed by atoms with van der Waals surface area (Å²) in [6.07, 6.45) is 0. The largest absolute Gasteiger partial charge is 0.329 e. The molecule has 0 radical (unpaired) electrons. The standard InChI is InChI=1S/C14H13Cl2N5/c1-8-18-12(16)11-14(19-8)21(7-6-17)13(20-11)9-4-2-3-5-10(9)15/h2-5H,6-7,17H2,1H3. The van der Waals surface area contributed by atoms with Gasteiger partial charge in [0.2, 0.25) is 0 Å². The van der Waals surface area contributed by atoms with Crippen molar-refractivity contribution in [3.05, 3.63) is 40.3 Å². The molecule has 0 amide bonds. The van der Waals surface area contributed by atoms with Gasteiger partial charge >= 0.3 is 0 Å². The zero-order chi connectivity index (χ0) is 15.0. The van der Waals surface area contributed by atoms with Crippen LogP contribution in [0.4, 0.5) is 0 Å². The lowest BCUT2D eigenvalue weighted by atomic mass is 10.2. The second-order valence-electron chi connectivity index (χ2n) is 4.59. The fourth-order valence-electron chi connectivity index (χ4n) is 2.26. The van der Waals surface area contributed by atoms with E-state index >= 15 is 0 Å². The first kappa shape index (κ1) is 14.3. The van der Waals surface area contributed by atoms with Gasteiger partial charge < -0.3 is 10.3 Å². The first-order valence-electron chi connectivity index (χ1n) is 6.47. The number of halogens is 2. The highest BCUT2D eigenvalue weighted by Gasteiger charge is 2.18. The maximum atomic E-state index is 6.28. The van der Waals surface area contributed by atoms with Crippen LogP contribution in [0, 0.1) is 6.92 Å². The maximum Gasteiger partial charge on any atom is 0.165 e. The van der Waals surface area contributed by atoms with E-state index in [2.05, 4.69) is 15.0 Å². The zero-order valence-electron chi connectivity index (χ0n) is 11.3. The first-order chi connectivity index (χ1) is 10.1. The molecule has 1 aromatic carbocycles. The third-order valence-corrected chi connectivity index (χ3v) is 3.72. The average Bonchev–Trinajstić information content (AvgIpc) is 2.79. The Balaban J connectivity index is 2.35. The number of nitrogens with zero attached hydrogens (tertiary/aromatic N) is 4. The van der Waals surface area contributed by atoms with Crippen molar-refractivity contribution in [1.29, 1.82) is 0 Å². The summed E-state index contributed by atoms with van der Waals surface area (Å²) in [6.45, 7) is 2.83. The molecule has 0 spiro atoms. The van der Waals surface area contributed by atoms with Gasteiger partial charge in [-0.1, -0.05) is 35.3 Å². The molecule has 3 aromatic rings. The smallest absolute Gasteiger partial charge is 0.165 e. The third-order valence-electron chi connectivity index (χ3n) is 3.13. The molecule has 21 heavy (non-hydrogen) atoms. The van der Waals surface area contributed by atoms with Crippen LogP contribution in [0.15, 0.2) is 24.3 Å². The summed E-state index contributed by atoms with van der Waals surface area (Å²) >= 11 is 12.5. The van der Waals surface area contributed by atoms with E-state index in [1.807, 2.05) is 28.8 Å². The van der Waals surface area contributed by atoms with Gasteiger partial charge in [-0.2, -0.15) is 0 Å². The molecule has 0 aliphatic rings. The number of nitrogens with two attached hydrogens (primary N) is 1. The predicted molar refractivity (Wildman–Crippen MR) is 84.6 cm³/mol. The van der Waals surface area contributed by atoms with E-state index in [1.54, 1.807) is 6.92 Å². The van der Waals surface area contributed by atoms with Gasteiger partial charge in [-0.05, 0) is 19.1 Å². The summed E-state index contributed by atoms with van der Waals surface area (Å²) in [5, 5.41) is 0.952. The quantitative estimate of drug-likeness (QED) is 0.753. The fraction of sp³-hybridized carbons (Fsp3) is 0.214. The molecule has 0 saturated heterocycles. The number of imidazole rings is 1. The van der Waals surface area contributed by atoms with Gasteiger partial charge in [0.15, 0.2) is 10.8 Å². The lowest BCUT2D eigenvalue weighted by molar-refractivity contribution is 0.727. The minimum absolute atomic E-state index is 0.335. The molecule has 0 unspecified atom stereocenters. The Morgan fingerprint density at radius 1 is 1.14 bits per heavy atom. The molecule has 3 rings (SSSR count). The van der Waals surface area contributed by atoms with E-state index in [9.17, 15) is 0 Å². The molecule has 2 heterocycles. The lowest BCUT2D eigenvalue weighted by Gasteiger charge is -2.08. The lowest BCUT2D eigenvalue weighted by Crippen LogP contribution is -2.12. The Morgan fingerprint density at radius 2 is 1.90 bits per heavy atom. The molecule has 2 N–H and O–H groups in total. The monoisotopic (exact) mass is 321 g/mol. The molecule has 5 nitrogen and oxygen atoms in total. The van der Waals surface area contributed by atoms with Crippen LogP contribution in [0.25, 0.3) is 22.6 Å². The summed E-state index contributed by atoms with van der Waals surface area (Å²) in [6, 6.07) is 7.51. The number of hydrogen-bond acceptors (Lipinski definition) is 4. The highest BCUT2D eigenvalue weighted by Crippen LogP contribution is 2.31. The molecule has 108 valence electrons. The topological polar surface area (TPSA) is 69.6 Å². The van der Waals surface area contributed by atoms with E-state index in [0.29, 0.717) is 46.1 Å². The fourth-order valence-corrected chi connectivity index (χ4v) is 2.73. The Bertz CT molecular complexity index is 812. The van der Waals surface area contributed by atoms with Crippen LogP contribution < -0.4 is 5.73 Å². The minimum Gasteiger partial charge on any atom is -0.329 e. The van der Waals surface area contributed by atoms with Crippen LogP contribution in [0.2, 0.25) is 10.2 Å². The Morgan fingerprint density at radius 3 is 2.62 bits per heavy atom. The van der Waals surface area contributed by atoms with Crippen LogP contribution in [-0.4, -0.2) is 26.1 Å². The van der Waals surface area contributed by atoms with Crippen molar-refractivity contribution in [1.82, 2.24) is 19.5 Å². The van der Waals surface area contributed by atoms with Crippen molar-refractivity contribution in [3.8, 4) is 11.4 Å². The molecule has 0 bridgehead atoms. The molecule has 0 fully saturated rings. The molecule has 0 aliphatic carbocycles. The molecular formula is C14H13Cl2N5. The van der Waals surface area contributed by atoms with E-state index in [-0.39, 0.29) is 0 Å². The van der Waals surface area contributed by atoms with E-state index in [0.717, 1.165) is 5.56 Å². The van der Waals surface area contributed by atoms with Gasteiger partial charge in [0.05, 0.1) is 5.02 Å². The Hall–Kier alpha value is -1.69. The average molecular weight is 322 g/mol. The van der Waals surface area contributed by atoms with Crippen molar-refractivity contribution >= 4 is 34.4 Å². The molecular weight excluding hydrogens is 309 g/mol. The van der Waals surface area contributed by atoms with Gasteiger partial charge in [0.25, 0.3) is 0 Å².